The Bertz CT molecular complexity index is 230. The minimum Gasteiger partial charge on any atom is -0.454 e. The molecule has 1 unspecified atom stereocenters. The number of hydrogen-bond donors (Lipinski definition) is 1. The highest BCUT2D eigenvalue weighted by molar-refractivity contribution is 5.81. The summed E-state index contributed by atoms with van der Waals surface area (Å²) in [6, 6.07) is 0. The van der Waals surface area contributed by atoms with Crippen LogP contribution in [0.4, 0.5) is 0 Å². The maximum absolute atomic E-state index is 11.3. The van der Waals surface area contributed by atoms with E-state index in [1.54, 1.807) is 0 Å². The molecule has 0 saturated carbocycles. The van der Waals surface area contributed by atoms with Crippen LogP contribution in [0.5, 0.6) is 0 Å². The molecular weight excluding hydrogens is 190 g/mol. The number of carbonyl (C=O) groups is 1. The predicted molar refractivity (Wildman–Crippen MR) is 62.5 cm³/mol. The van der Waals surface area contributed by atoms with E-state index in [0.717, 1.165) is 6.42 Å². The van der Waals surface area contributed by atoms with E-state index in [4.69, 9.17) is 10.5 Å². The lowest BCUT2D eigenvalue weighted by molar-refractivity contribution is -0.163. The van der Waals surface area contributed by atoms with Gasteiger partial charge in [-0.05, 0) is 26.2 Å². The fraction of sp³-hybridized carbons (Fsp3) is 0.750. The number of rotatable bonds is 6. The van der Waals surface area contributed by atoms with E-state index in [-0.39, 0.29) is 0 Å². The van der Waals surface area contributed by atoms with Gasteiger partial charge < -0.3 is 10.5 Å². The van der Waals surface area contributed by atoms with Crippen LogP contribution in [0.2, 0.25) is 0 Å². The van der Waals surface area contributed by atoms with Gasteiger partial charge in [-0.25, -0.2) is 4.79 Å². The Balaban J connectivity index is 5.03. The number of esters is 1. The van der Waals surface area contributed by atoms with Crippen molar-refractivity contribution in [3.05, 3.63) is 12.7 Å². The molecule has 0 spiro atoms. The second kappa shape index (κ2) is 5.31. The van der Waals surface area contributed by atoms with Gasteiger partial charge in [-0.1, -0.05) is 27.4 Å². The molecule has 1 atom stereocenters. The first-order valence-electron chi connectivity index (χ1n) is 5.53. The predicted octanol–water partition coefficient (Wildman–Crippen LogP) is 2.40. The van der Waals surface area contributed by atoms with Crippen LogP contribution in [-0.2, 0) is 9.53 Å². The summed E-state index contributed by atoms with van der Waals surface area (Å²) in [6.45, 7) is 11.3. The van der Waals surface area contributed by atoms with E-state index < -0.39 is 17.1 Å². The van der Waals surface area contributed by atoms with Gasteiger partial charge in [0.1, 0.15) is 5.60 Å². The zero-order valence-electron chi connectivity index (χ0n) is 10.3. The average Bonchev–Trinajstić information content (AvgIpc) is 2.25. The van der Waals surface area contributed by atoms with Gasteiger partial charge in [0.15, 0.2) is 0 Å². The van der Waals surface area contributed by atoms with Gasteiger partial charge in [0.05, 0.1) is 5.54 Å². The molecule has 0 saturated heterocycles. The third-order valence-corrected chi connectivity index (χ3v) is 3.38. The van der Waals surface area contributed by atoms with Gasteiger partial charge in [0.25, 0.3) is 0 Å². The van der Waals surface area contributed by atoms with Crippen molar-refractivity contribution in [2.24, 2.45) is 5.73 Å². The maximum atomic E-state index is 11.3. The van der Waals surface area contributed by atoms with Crippen molar-refractivity contribution >= 4 is 5.97 Å². The Kier molecular flexibility index (Phi) is 5.01. The molecule has 15 heavy (non-hydrogen) atoms. The van der Waals surface area contributed by atoms with Gasteiger partial charge in [-0.3, -0.25) is 0 Å². The third kappa shape index (κ3) is 2.81. The smallest absolute Gasteiger partial charge is 0.330 e. The summed E-state index contributed by atoms with van der Waals surface area (Å²) >= 11 is 0. The number of nitrogens with two attached hydrogens (primary N) is 1. The van der Waals surface area contributed by atoms with Crippen molar-refractivity contribution in [1.82, 2.24) is 0 Å². The first-order chi connectivity index (χ1) is 6.89. The molecule has 0 bridgehead atoms. The number of hydrogen-bond acceptors (Lipinski definition) is 3. The lowest BCUT2D eigenvalue weighted by Gasteiger charge is -2.44. The lowest BCUT2D eigenvalue weighted by atomic mass is 9.76. The molecule has 0 aliphatic carbocycles. The summed E-state index contributed by atoms with van der Waals surface area (Å²) < 4.78 is 5.46. The third-order valence-electron chi connectivity index (χ3n) is 3.38. The minimum absolute atomic E-state index is 0.399. The first kappa shape index (κ1) is 14.2. The van der Waals surface area contributed by atoms with Crippen molar-refractivity contribution in [3.8, 4) is 0 Å². The first-order valence-corrected chi connectivity index (χ1v) is 5.53. The maximum Gasteiger partial charge on any atom is 0.330 e. The van der Waals surface area contributed by atoms with Crippen LogP contribution in [0.1, 0.15) is 47.0 Å². The molecule has 0 amide bonds. The van der Waals surface area contributed by atoms with Crippen molar-refractivity contribution in [1.29, 1.82) is 0 Å². The number of carbonyl (C=O) groups excluding carboxylic acids is 1. The monoisotopic (exact) mass is 213 g/mol. The summed E-state index contributed by atoms with van der Waals surface area (Å²) in [5.74, 6) is -0.399. The summed E-state index contributed by atoms with van der Waals surface area (Å²) in [5, 5.41) is 0. The lowest BCUT2D eigenvalue weighted by Crippen LogP contribution is -2.59. The Labute approximate surface area is 92.7 Å². The second-order valence-corrected chi connectivity index (χ2v) is 4.10. The summed E-state index contributed by atoms with van der Waals surface area (Å²) in [5.41, 5.74) is 5.11. The minimum atomic E-state index is -0.590. The van der Waals surface area contributed by atoms with E-state index in [2.05, 4.69) is 6.58 Å². The topological polar surface area (TPSA) is 52.3 Å². The van der Waals surface area contributed by atoms with Gasteiger partial charge >= 0.3 is 5.97 Å². The number of ether oxygens (including phenoxy) is 1. The Morgan fingerprint density at radius 3 is 2.07 bits per heavy atom. The van der Waals surface area contributed by atoms with Gasteiger partial charge in [0.2, 0.25) is 0 Å². The highest BCUT2D eigenvalue weighted by Gasteiger charge is 2.44. The van der Waals surface area contributed by atoms with Crippen LogP contribution in [0.3, 0.4) is 0 Å². The molecule has 0 radical (unpaired) electrons. The summed E-state index contributed by atoms with van der Waals surface area (Å²) in [6.07, 6.45) is 3.37. The largest absolute Gasteiger partial charge is 0.454 e. The molecule has 0 aromatic heterocycles. The second-order valence-electron chi connectivity index (χ2n) is 4.10. The fourth-order valence-electron chi connectivity index (χ4n) is 1.87. The zero-order chi connectivity index (χ0) is 12.1. The SMILES string of the molecule is C=CC(=O)OC(CC)(CC)C(C)(N)CC. The van der Waals surface area contributed by atoms with Crippen LogP contribution in [0.25, 0.3) is 0 Å². The van der Waals surface area contributed by atoms with E-state index in [0.29, 0.717) is 12.8 Å². The molecule has 0 fully saturated rings. The molecule has 0 rings (SSSR count). The van der Waals surface area contributed by atoms with Crippen molar-refractivity contribution in [2.45, 2.75) is 58.1 Å². The van der Waals surface area contributed by atoms with Crippen LogP contribution in [-0.4, -0.2) is 17.1 Å². The molecule has 3 heteroatoms. The quantitative estimate of drug-likeness (QED) is 0.544. The van der Waals surface area contributed by atoms with Crippen LogP contribution < -0.4 is 5.73 Å². The van der Waals surface area contributed by atoms with Gasteiger partial charge in [0, 0.05) is 6.08 Å². The van der Waals surface area contributed by atoms with Crippen LogP contribution in [0, 0.1) is 0 Å². The molecule has 0 aliphatic rings. The van der Waals surface area contributed by atoms with Crippen molar-refractivity contribution < 1.29 is 9.53 Å². The Morgan fingerprint density at radius 2 is 1.80 bits per heavy atom. The summed E-state index contributed by atoms with van der Waals surface area (Å²) in [7, 11) is 0. The molecule has 0 heterocycles. The molecule has 3 nitrogen and oxygen atoms in total. The van der Waals surface area contributed by atoms with Gasteiger partial charge in [-0.2, -0.15) is 0 Å². The summed E-state index contributed by atoms with van der Waals surface area (Å²) in [4.78, 5) is 11.3. The normalized spacial score (nSPS) is 15.5. The van der Waals surface area contributed by atoms with Gasteiger partial charge in [-0.15, -0.1) is 0 Å². The van der Waals surface area contributed by atoms with Crippen molar-refractivity contribution in [2.75, 3.05) is 0 Å². The molecule has 0 aromatic carbocycles. The van der Waals surface area contributed by atoms with E-state index in [9.17, 15) is 4.79 Å². The fourth-order valence-corrected chi connectivity index (χ4v) is 1.87. The molecule has 0 aliphatic heterocycles. The average molecular weight is 213 g/mol. The van der Waals surface area contributed by atoms with E-state index in [1.165, 1.54) is 6.08 Å². The van der Waals surface area contributed by atoms with E-state index >= 15 is 0 Å². The molecular formula is C12H23NO2. The highest BCUT2D eigenvalue weighted by Crippen LogP contribution is 2.33. The molecule has 0 aromatic rings. The van der Waals surface area contributed by atoms with Crippen molar-refractivity contribution in [3.63, 3.8) is 0 Å². The highest BCUT2D eigenvalue weighted by atomic mass is 16.6. The standard InChI is InChI=1S/C12H23NO2/c1-6-10(14)15-12(8-3,9-4)11(5,13)7-2/h6H,1,7-9,13H2,2-5H3. The van der Waals surface area contributed by atoms with E-state index in [1.807, 2.05) is 27.7 Å². The zero-order valence-corrected chi connectivity index (χ0v) is 10.3. The molecule has 88 valence electrons. The molecule has 2 N–H and O–H groups in total. The van der Waals surface area contributed by atoms with Crippen LogP contribution in [0.15, 0.2) is 12.7 Å². The Morgan fingerprint density at radius 1 is 1.33 bits per heavy atom. The Hall–Kier alpha value is -0.830. The van der Waals surface area contributed by atoms with Crippen LogP contribution >= 0.6 is 0 Å².